The van der Waals surface area contributed by atoms with E-state index in [1.165, 1.54) is 0 Å². The third kappa shape index (κ3) is 136. The SMILES string of the molecule is O=C(O)OO.O=C(O)OO.O=C(O)OO.O=C(O)OO.[Ti]. The largest absolute Gasteiger partial charge is 0.537 e. The van der Waals surface area contributed by atoms with Crippen LogP contribution in [0.3, 0.4) is 0 Å². The molecule has 0 aromatic rings. The van der Waals surface area contributed by atoms with E-state index in [0.29, 0.717) is 0 Å². The molecule has 8 N–H and O–H groups in total. The molecule has 0 aromatic heterocycles. The van der Waals surface area contributed by atoms with Crippen LogP contribution in [-0.2, 0) is 41.3 Å². The fourth-order valence-corrected chi connectivity index (χ4v) is 0. The molecule has 21 heavy (non-hydrogen) atoms. The van der Waals surface area contributed by atoms with Crippen LogP contribution in [-0.4, -0.2) is 66.1 Å². The number of rotatable bonds is 0. The van der Waals surface area contributed by atoms with E-state index >= 15 is 0 Å². The average Bonchev–Trinajstić information content (AvgIpc) is 2.40. The van der Waals surface area contributed by atoms with Crippen molar-refractivity contribution in [1.29, 1.82) is 0 Å². The van der Waals surface area contributed by atoms with Crippen molar-refractivity contribution in [2.45, 2.75) is 0 Å². The van der Waals surface area contributed by atoms with Crippen LogP contribution >= 0.6 is 0 Å². The maximum absolute atomic E-state index is 8.90. The molecule has 0 radical (unpaired) electrons. The van der Waals surface area contributed by atoms with Crippen molar-refractivity contribution in [3.63, 3.8) is 0 Å². The first kappa shape index (κ1) is 31.2. The third-order valence-corrected chi connectivity index (χ3v) is 0.312. The monoisotopic (exact) mass is 360 g/mol. The smallest absolute Gasteiger partial charge is 0.448 e. The molecular weight excluding hydrogens is 352 g/mol. The van der Waals surface area contributed by atoms with Crippen molar-refractivity contribution in [3.8, 4) is 0 Å². The van der Waals surface area contributed by atoms with E-state index in [0.717, 1.165) is 0 Å². The molecule has 0 bridgehead atoms. The molecule has 0 spiro atoms. The molecule has 0 aliphatic heterocycles. The van der Waals surface area contributed by atoms with Gasteiger partial charge in [-0.15, -0.1) is 0 Å². The Hall–Kier alpha value is -2.37. The van der Waals surface area contributed by atoms with Crippen molar-refractivity contribution in [1.82, 2.24) is 0 Å². The van der Waals surface area contributed by atoms with Gasteiger partial charge in [0.15, 0.2) is 0 Å². The summed E-state index contributed by atoms with van der Waals surface area (Å²) in [6, 6.07) is 0. The van der Waals surface area contributed by atoms with E-state index in [4.69, 9.17) is 60.6 Å². The maximum Gasteiger partial charge on any atom is 0.537 e. The van der Waals surface area contributed by atoms with E-state index in [-0.39, 0.29) is 21.7 Å². The molecule has 17 heteroatoms. The van der Waals surface area contributed by atoms with E-state index in [9.17, 15) is 0 Å². The normalized spacial score (nSPS) is 6.29. The maximum atomic E-state index is 8.90. The van der Waals surface area contributed by atoms with Gasteiger partial charge in [0.05, 0.1) is 0 Å². The van der Waals surface area contributed by atoms with Crippen LogP contribution in [0.1, 0.15) is 0 Å². The zero-order valence-corrected chi connectivity index (χ0v) is 10.9. The summed E-state index contributed by atoms with van der Waals surface area (Å²) in [5.41, 5.74) is 0. The standard InChI is InChI=1S/4CH2O4.Ti/c4*2-1(3)5-4;/h4*4H,(H,2,3);. The summed E-state index contributed by atoms with van der Waals surface area (Å²) in [4.78, 5) is 46.2. The molecule has 0 rings (SSSR count). The summed E-state index contributed by atoms with van der Waals surface area (Å²) in [6.07, 6.45) is -6.76. The minimum Gasteiger partial charge on any atom is -0.448 e. The van der Waals surface area contributed by atoms with Gasteiger partial charge in [0.1, 0.15) is 0 Å². The molecule has 0 atom stereocenters. The fourth-order valence-electron chi connectivity index (χ4n) is 0. The Kier molecular flexibility index (Phi) is 39.0. The van der Waals surface area contributed by atoms with Gasteiger partial charge in [-0.3, -0.25) is 19.6 Å². The first-order valence-corrected chi connectivity index (χ1v) is 3.26. The summed E-state index contributed by atoms with van der Waals surface area (Å²) in [7, 11) is 0. The molecule has 0 saturated carbocycles. The van der Waals surface area contributed by atoms with Gasteiger partial charge in [-0.2, -0.15) is 21.0 Å². The fraction of sp³-hybridized carbons (Fsp3) is 0. The second-order valence-corrected chi connectivity index (χ2v) is 1.43. The van der Waals surface area contributed by atoms with Crippen molar-refractivity contribution < 1.29 is 102 Å². The van der Waals surface area contributed by atoms with Crippen molar-refractivity contribution in [2.24, 2.45) is 0 Å². The summed E-state index contributed by atoms with van der Waals surface area (Å²) in [5.74, 6) is 0. The van der Waals surface area contributed by atoms with Crippen molar-refractivity contribution in [2.75, 3.05) is 0 Å². The molecule has 0 heterocycles. The second kappa shape index (κ2) is 26.2. The third-order valence-electron chi connectivity index (χ3n) is 0.312. The molecule has 0 saturated heterocycles. The van der Waals surface area contributed by atoms with Crippen LogP contribution in [0, 0.1) is 0 Å². The second-order valence-electron chi connectivity index (χ2n) is 1.43. The Morgan fingerprint density at radius 3 is 0.524 bits per heavy atom. The van der Waals surface area contributed by atoms with Gasteiger partial charge >= 0.3 is 24.6 Å². The zero-order valence-electron chi connectivity index (χ0n) is 9.34. The van der Waals surface area contributed by atoms with Gasteiger partial charge < -0.3 is 20.4 Å². The summed E-state index contributed by atoms with van der Waals surface area (Å²) in [5, 5.41) is 57.2. The van der Waals surface area contributed by atoms with Gasteiger partial charge in [0.25, 0.3) is 0 Å². The Balaban J connectivity index is -0.0000000533. The average molecular weight is 360 g/mol. The van der Waals surface area contributed by atoms with Gasteiger partial charge in [-0.25, -0.2) is 19.2 Å². The molecule has 0 aliphatic rings. The van der Waals surface area contributed by atoms with E-state index in [1.807, 2.05) is 0 Å². The van der Waals surface area contributed by atoms with Crippen molar-refractivity contribution >= 4 is 24.6 Å². The van der Waals surface area contributed by atoms with Crippen LogP contribution in [0.15, 0.2) is 0 Å². The van der Waals surface area contributed by atoms with Gasteiger partial charge in [0.2, 0.25) is 0 Å². The molecule has 0 unspecified atom stereocenters. The number of carbonyl (C=O) groups is 4. The molecule has 0 amide bonds. The molecule has 0 aromatic carbocycles. The number of carboxylic acid groups (broad SMARTS) is 4. The number of hydrogen-bond acceptors (Lipinski definition) is 12. The Bertz CT molecular complexity index is 217. The van der Waals surface area contributed by atoms with E-state index < -0.39 is 24.6 Å². The molecular formula is C4H8O16Ti. The van der Waals surface area contributed by atoms with Crippen molar-refractivity contribution in [3.05, 3.63) is 0 Å². The molecule has 0 fully saturated rings. The first-order chi connectivity index (χ1) is 9.08. The predicted octanol–water partition coefficient (Wildman–Crippen LogP) is 0.614. The minimum absolute atomic E-state index is 0. The Labute approximate surface area is 127 Å². The van der Waals surface area contributed by atoms with Crippen LogP contribution < -0.4 is 0 Å². The molecule has 16 nitrogen and oxygen atoms in total. The molecule has 124 valence electrons. The Morgan fingerprint density at radius 2 is 0.524 bits per heavy atom. The van der Waals surface area contributed by atoms with Gasteiger partial charge in [0, 0.05) is 21.7 Å². The first-order valence-electron chi connectivity index (χ1n) is 3.26. The number of hydrogen-bond donors (Lipinski definition) is 8. The topological polar surface area (TPSA) is 267 Å². The van der Waals surface area contributed by atoms with Crippen LogP contribution in [0.2, 0.25) is 0 Å². The van der Waals surface area contributed by atoms with E-state index in [2.05, 4.69) is 19.6 Å². The molecule has 0 aliphatic carbocycles. The van der Waals surface area contributed by atoms with Crippen LogP contribution in [0.25, 0.3) is 0 Å². The summed E-state index contributed by atoms with van der Waals surface area (Å²) in [6.45, 7) is 0. The minimum atomic E-state index is -1.69. The Morgan fingerprint density at radius 1 is 0.476 bits per heavy atom. The quantitative estimate of drug-likeness (QED) is 0.127. The van der Waals surface area contributed by atoms with Gasteiger partial charge in [-0.05, 0) is 0 Å². The van der Waals surface area contributed by atoms with Gasteiger partial charge in [-0.1, -0.05) is 0 Å². The summed E-state index contributed by atoms with van der Waals surface area (Å²) >= 11 is 0. The van der Waals surface area contributed by atoms with Crippen LogP contribution in [0.5, 0.6) is 0 Å². The predicted molar refractivity (Wildman–Crippen MR) is 47.0 cm³/mol. The zero-order chi connectivity index (χ0) is 17.1. The van der Waals surface area contributed by atoms with E-state index in [1.54, 1.807) is 0 Å². The summed E-state index contributed by atoms with van der Waals surface area (Å²) < 4.78 is 0. The van der Waals surface area contributed by atoms with Crippen LogP contribution in [0.4, 0.5) is 19.2 Å².